The molecule has 2 aromatic rings. The molecule has 0 aromatic heterocycles. The number of nitrogens with one attached hydrogen (secondary N) is 1. The fourth-order valence-electron chi connectivity index (χ4n) is 2.88. The SMILES string of the molecule is COc1cc(C=C2C(=O)NC(=S)N(c3cccc(C)c3C)C2=O)c(Br)c(Br)c1O. The molecule has 29 heavy (non-hydrogen) atoms. The van der Waals surface area contributed by atoms with Crippen molar-refractivity contribution in [2.75, 3.05) is 12.0 Å². The van der Waals surface area contributed by atoms with Gasteiger partial charge in [-0.1, -0.05) is 12.1 Å². The van der Waals surface area contributed by atoms with Crippen LogP contribution in [0.2, 0.25) is 0 Å². The number of amides is 2. The van der Waals surface area contributed by atoms with E-state index in [-0.39, 0.29) is 22.2 Å². The van der Waals surface area contributed by atoms with Gasteiger partial charge in [0, 0.05) is 4.47 Å². The predicted molar refractivity (Wildman–Crippen MR) is 122 cm³/mol. The zero-order valence-corrected chi connectivity index (χ0v) is 19.7. The number of aromatic hydroxyl groups is 1. The summed E-state index contributed by atoms with van der Waals surface area (Å²) in [5.74, 6) is -1.05. The summed E-state index contributed by atoms with van der Waals surface area (Å²) in [6, 6.07) is 7.06. The molecule has 1 heterocycles. The number of aryl methyl sites for hydroxylation is 1. The molecule has 0 aliphatic carbocycles. The molecule has 6 nitrogen and oxygen atoms in total. The van der Waals surface area contributed by atoms with E-state index in [1.807, 2.05) is 26.0 Å². The molecule has 0 spiro atoms. The van der Waals surface area contributed by atoms with Gasteiger partial charge < -0.3 is 9.84 Å². The lowest BCUT2D eigenvalue weighted by molar-refractivity contribution is -0.122. The topological polar surface area (TPSA) is 78.9 Å². The van der Waals surface area contributed by atoms with Crippen molar-refractivity contribution in [2.24, 2.45) is 0 Å². The summed E-state index contributed by atoms with van der Waals surface area (Å²) in [6.45, 7) is 3.82. The smallest absolute Gasteiger partial charge is 0.270 e. The number of nitrogens with zero attached hydrogens (tertiary/aromatic N) is 1. The number of hydrogen-bond acceptors (Lipinski definition) is 5. The Labute approximate surface area is 189 Å². The van der Waals surface area contributed by atoms with Gasteiger partial charge in [0.25, 0.3) is 11.8 Å². The molecule has 2 aromatic carbocycles. The summed E-state index contributed by atoms with van der Waals surface area (Å²) >= 11 is 11.9. The van der Waals surface area contributed by atoms with Gasteiger partial charge in [0.1, 0.15) is 5.57 Å². The van der Waals surface area contributed by atoms with Crippen LogP contribution in [0.5, 0.6) is 11.5 Å². The van der Waals surface area contributed by atoms with E-state index in [4.69, 9.17) is 17.0 Å². The molecule has 3 rings (SSSR count). The van der Waals surface area contributed by atoms with Crippen molar-refractivity contribution in [2.45, 2.75) is 13.8 Å². The maximum atomic E-state index is 13.2. The Morgan fingerprint density at radius 3 is 2.55 bits per heavy atom. The van der Waals surface area contributed by atoms with Gasteiger partial charge in [-0.25, -0.2) is 0 Å². The molecule has 1 saturated heterocycles. The molecule has 9 heteroatoms. The Kier molecular flexibility index (Phi) is 6.11. The summed E-state index contributed by atoms with van der Waals surface area (Å²) in [6.07, 6.45) is 1.42. The van der Waals surface area contributed by atoms with Crippen molar-refractivity contribution in [1.29, 1.82) is 0 Å². The number of carbonyl (C=O) groups is 2. The van der Waals surface area contributed by atoms with E-state index >= 15 is 0 Å². The number of phenolic OH excluding ortho intramolecular Hbond substituents is 1. The third-order valence-corrected chi connectivity index (χ3v) is 7.06. The number of halogens is 2. The lowest BCUT2D eigenvalue weighted by Crippen LogP contribution is -2.54. The highest BCUT2D eigenvalue weighted by atomic mass is 79.9. The van der Waals surface area contributed by atoms with Crippen LogP contribution in [0, 0.1) is 13.8 Å². The molecule has 0 saturated carbocycles. The molecule has 0 unspecified atom stereocenters. The first kappa shape index (κ1) is 21.5. The van der Waals surface area contributed by atoms with Crippen molar-refractivity contribution in [3.8, 4) is 11.5 Å². The summed E-state index contributed by atoms with van der Waals surface area (Å²) in [5.41, 5.74) is 2.86. The minimum Gasteiger partial charge on any atom is -0.503 e. The predicted octanol–water partition coefficient (Wildman–Crippen LogP) is 4.37. The Morgan fingerprint density at radius 2 is 1.90 bits per heavy atom. The van der Waals surface area contributed by atoms with Crippen LogP contribution in [0.4, 0.5) is 5.69 Å². The second kappa shape index (κ2) is 8.25. The van der Waals surface area contributed by atoms with Gasteiger partial charge in [0.2, 0.25) is 0 Å². The van der Waals surface area contributed by atoms with Crippen LogP contribution < -0.4 is 15.0 Å². The average molecular weight is 540 g/mol. The van der Waals surface area contributed by atoms with Crippen molar-refractivity contribution < 1.29 is 19.4 Å². The Morgan fingerprint density at radius 1 is 1.21 bits per heavy atom. The molecular weight excluding hydrogens is 524 g/mol. The van der Waals surface area contributed by atoms with Crippen molar-refractivity contribution >= 4 is 72.8 Å². The van der Waals surface area contributed by atoms with Gasteiger partial charge in [-0.2, -0.15) is 0 Å². The minimum absolute atomic E-state index is 0.0226. The Hall–Kier alpha value is -2.23. The fraction of sp³-hybridized carbons (Fsp3) is 0.150. The molecule has 0 atom stereocenters. The number of rotatable bonds is 3. The van der Waals surface area contributed by atoms with Crippen LogP contribution in [0.15, 0.2) is 38.8 Å². The first-order valence-electron chi connectivity index (χ1n) is 8.40. The zero-order chi connectivity index (χ0) is 21.5. The van der Waals surface area contributed by atoms with Gasteiger partial charge in [-0.3, -0.25) is 19.8 Å². The van der Waals surface area contributed by atoms with Gasteiger partial charge in [-0.15, -0.1) is 0 Å². The lowest BCUT2D eigenvalue weighted by atomic mass is 10.0. The molecule has 1 aliphatic rings. The lowest BCUT2D eigenvalue weighted by Gasteiger charge is -2.30. The number of methoxy groups -OCH3 is 1. The largest absolute Gasteiger partial charge is 0.503 e. The van der Waals surface area contributed by atoms with Crippen LogP contribution in [-0.2, 0) is 9.59 Å². The number of benzene rings is 2. The molecule has 0 bridgehead atoms. The molecule has 1 aliphatic heterocycles. The van der Waals surface area contributed by atoms with Gasteiger partial charge in [-0.05, 0) is 92.8 Å². The van der Waals surface area contributed by atoms with E-state index in [1.165, 1.54) is 24.2 Å². The number of phenols is 1. The summed E-state index contributed by atoms with van der Waals surface area (Å²) in [7, 11) is 1.41. The highest BCUT2D eigenvalue weighted by Crippen LogP contribution is 2.42. The van der Waals surface area contributed by atoms with Gasteiger partial charge in [0.15, 0.2) is 16.6 Å². The number of carbonyl (C=O) groups excluding carboxylic acids is 2. The summed E-state index contributed by atoms with van der Waals surface area (Å²) in [5, 5.41) is 12.7. The monoisotopic (exact) mass is 538 g/mol. The van der Waals surface area contributed by atoms with E-state index in [1.54, 1.807) is 6.07 Å². The van der Waals surface area contributed by atoms with E-state index in [0.717, 1.165) is 11.1 Å². The molecule has 0 radical (unpaired) electrons. The van der Waals surface area contributed by atoms with Crippen LogP contribution in [-0.4, -0.2) is 29.1 Å². The Balaban J connectivity index is 2.14. The quantitative estimate of drug-likeness (QED) is 0.344. The van der Waals surface area contributed by atoms with Crippen molar-refractivity contribution in [1.82, 2.24) is 5.32 Å². The minimum atomic E-state index is -0.600. The molecule has 1 fully saturated rings. The first-order chi connectivity index (χ1) is 13.7. The van der Waals surface area contributed by atoms with Crippen LogP contribution >= 0.6 is 44.1 Å². The maximum absolute atomic E-state index is 13.2. The Bertz CT molecular complexity index is 1100. The summed E-state index contributed by atoms with van der Waals surface area (Å²) in [4.78, 5) is 27.1. The van der Waals surface area contributed by atoms with E-state index in [0.29, 0.717) is 20.2 Å². The van der Waals surface area contributed by atoms with E-state index in [9.17, 15) is 14.7 Å². The number of thiocarbonyl (C=S) groups is 1. The zero-order valence-electron chi connectivity index (χ0n) is 15.7. The number of anilines is 1. The highest BCUT2D eigenvalue weighted by molar-refractivity contribution is 9.13. The van der Waals surface area contributed by atoms with E-state index in [2.05, 4.69) is 37.2 Å². The van der Waals surface area contributed by atoms with Crippen LogP contribution in [0.3, 0.4) is 0 Å². The molecular formula is C20H16Br2N2O4S. The van der Waals surface area contributed by atoms with Gasteiger partial charge in [0.05, 0.1) is 17.3 Å². The van der Waals surface area contributed by atoms with Crippen LogP contribution in [0.25, 0.3) is 6.08 Å². The van der Waals surface area contributed by atoms with Gasteiger partial charge >= 0.3 is 0 Å². The standard InChI is InChI=1S/C20H16Br2N2O4S/c1-9-5-4-6-13(10(9)2)24-19(27)12(18(26)23-20(24)29)7-11-8-14(28-3)17(25)16(22)15(11)21/h4-8,25H,1-3H3,(H,23,26,29). The highest BCUT2D eigenvalue weighted by Gasteiger charge is 2.35. The third kappa shape index (κ3) is 3.82. The van der Waals surface area contributed by atoms with Crippen molar-refractivity contribution in [3.63, 3.8) is 0 Å². The second-order valence-corrected chi connectivity index (χ2v) is 8.29. The maximum Gasteiger partial charge on any atom is 0.270 e. The van der Waals surface area contributed by atoms with Crippen molar-refractivity contribution in [3.05, 3.63) is 55.5 Å². The van der Waals surface area contributed by atoms with E-state index < -0.39 is 11.8 Å². The molecule has 2 N–H and O–H groups in total. The third-order valence-electron chi connectivity index (χ3n) is 4.61. The average Bonchev–Trinajstić information content (AvgIpc) is 2.68. The molecule has 150 valence electrons. The number of ether oxygens (including phenoxy) is 1. The first-order valence-corrected chi connectivity index (χ1v) is 10.4. The molecule has 2 amide bonds. The van der Waals surface area contributed by atoms with Crippen LogP contribution in [0.1, 0.15) is 16.7 Å². The number of hydrogen-bond donors (Lipinski definition) is 2. The second-order valence-electron chi connectivity index (χ2n) is 6.32. The normalized spacial score (nSPS) is 15.7. The fourth-order valence-corrected chi connectivity index (χ4v) is 4.00. The summed E-state index contributed by atoms with van der Waals surface area (Å²) < 4.78 is 5.96.